The smallest absolute Gasteiger partial charge is 0.326 e. The molecule has 0 bridgehead atoms. The Balaban J connectivity index is 2.13. The van der Waals surface area contributed by atoms with Crippen molar-refractivity contribution in [3.8, 4) is 0 Å². The first-order chi connectivity index (χ1) is 8.99. The van der Waals surface area contributed by atoms with Crippen LogP contribution in [0.25, 0.3) is 0 Å². The number of aromatic amines is 1. The summed E-state index contributed by atoms with van der Waals surface area (Å²) in [6.45, 7) is -0.807. The topological polar surface area (TPSA) is 98.3 Å². The predicted octanol–water partition coefficient (Wildman–Crippen LogP) is 0.196. The Morgan fingerprint density at radius 2 is 2.37 bits per heavy atom. The summed E-state index contributed by atoms with van der Waals surface area (Å²) in [6.07, 6.45) is -1.22. The van der Waals surface area contributed by atoms with E-state index in [4.69, 9.17) is 5.11 Å². The van der Waals surface area contributed by atoms with Crippen LogP contribution in [0.1, 0.15) is 11.4 Å². The second-order valence-corrected chi connectivity index (χ2v) is 4.09. The highest BCUT2D eigenvalue weighted by Gasteiger charge is 2.36. The zero-order valence-corrected chi connectivity index (χ0v) is 9.77. The number of carboxylic acid groups (broad SMARTS) is 1. The Morgan fingerprint density at radius 1 is 1.63 bits per heavy atom. The maximum Gasteiger partial charge on any atom is 0.326 e. The Hall–Kier alpha value is -2.19. The summed E-state index contributed by atoms with van der Waals surface area (Å²) in [5.41, 5.74) is 1.19. The lowest BCUT2D eigenvalue weighted by molar-refractivity contribution is -0.142. The van der Waals surface area contributed by atoms with Gasteiger partial charge in [0.25, 0.3) is 6.43 Å². The lowest BCUT2D eigenvalue weighted by Gasteiger charge is -2.32. The van der Waals surface area contributed by atoms with Gasteiger partial charge in [-0.1, -0.05) is 0 Å². The number of halogens is 2. The molecule has 3 N–H and O–H groups in total. The number of urea groups is 1. The molecule has 0 radical (unpaired) electrons. The molecule has 0 fully saturated rings. The molecule has 0 saturated heterocycles. The molecule has 2 heterocycles. The Kier molecular flexibility index (Phi) is 3.63. The predicted molar refractivity (Wildman–Crippen MR) is 58.7 cm³/mol. The first-order valence-electron chi connectivity index (χ1n) is 5.55. The van der Waals surface area contributed by atoms with Crippen molar-refractivity contribution in [1.82, 2.24) is 20.2 Å². The van der Waals surface area contributed by atoms with Crippen LogP contribution in [0.4, 0.5) is 13.6 Å². The normalized spacial score (nSPS) is 18.3. The number of nitrogens with one attached hydrogen (secondary N) is 2. The largest absolute Gasteiger partial charge is 0.480 e. The van der Waals surface area contributed by atoms with Crippen molar-refractivity contribution in [2.24, 2.45) is 0 Å². The third kappa shape index (κ3) is 2.80. The molecule has 2 amide bonds. The number of imidazole rings is 1. The number of amides is 2. The monoisotopic (exact) mass is 274 g/mol. The summed E-state index contributed by atoms with van der Waals surface area (Å²) in [4.78, 5) is 30.6. The number of hydrogen-bond acceptors (Lipinski definition) is 3. The minimum atomic E-state index is -2.68. The summed E-state index contributed by atoms with van der Waals surface area (Å²) < 4.78 is 24.1. The van der Waals surface area contributed by atoms with Gasteiger partial charge in [-0.25, -0.2) is 23.4 Å². The quantitative estimate of drug-likeness (QED) is 0.733. The molecule has 0 aromatic carbocycles. The second kappa shape index (κ2) is 5.21. The molecule has 0 spiro atoms. The van der Waals surface area contributed by atoms with E-state index in [9.17, 15) is 18.4 Å². The van der Waals surface area contributed by atoms with Gasteiger partial charge in [0.1, 0.15) is 6.04 Å². The summed E-state index contributed by atoms with van der Waals surface area (Å²) in [6, 6.07) is -1.93. The van der Waals surface area contributed by atoms with Gasteiger partial charge in [0.2, 0.25) is 0 Å². The van der Waals surface area contributed by atoms with Crippen LogP contribution < -0.4 is 5.32 Å². The number of H-pyrrole nitrogens is 1. The number of aromatic nitrogens is 2. The van der Waals surface area contributed by atoms with Crippen LogP contribution in [0.2, 0.25) is 0 Å². The summed E-state index contributed by atoms with van der Waals surface area (Å²) in [5.74, 6) is -1.19. The van der Waals surface area contributed by atoms with E-state index in [0.29, 0.717) is 11.4 Å². The van der Waals surface area contributed by atoms with E-state index < -0.39 is 31.0 Å². The number of nitrogens with zero attached hydrogens (tertiary/aromatic N) is 2. The van der Waals surface area contributed by atoms with Crippen molar-refractivity contribution in [1.29, 1.82) is 0 Å². The van der Waals surface area contributed by atoms with Gasteiger partial charge in [-0.3, -0.25) is 0 Å². The third-order valence-electron chi connectivity index (χ3n) is 2.85. The lowest BCUT2D eigenvalue weighted by Crippen LogP contribution is -2.52. The number of carbonyl (C=O) groups is 2. The number of carboxylic acids is 1. The molecule has 1 aliphatic heterocycles. The maximum absolute atomic E-state index is 12.0. The van der Waals surface area contributed by atoms with Crippen molar-refractivity contribution in [2.45, 2.75) is 25.4 Å². The molecular weight excluding hydrogens is 262 g/mol. The molecule has 7 nitrogen and oxygen atoms in total. The van der Waals surface area contributed by atoms with Gasteiger partial charge in [-0.2, -0.15) is 0 Å². The first-order valence-corrected chi connectivity index (χ1v) is 5.55. The molecule has 1 unspecified atom stereocenters. The Bertz CT molecular complexity index is 491. The molecule has 0 saturated carbocycles. The van der Waals surface area contributed by atoms with Crippen LogP contribution in [0.5, 0.6) is 0 Å². The number of carbonyl (C=O) groups excluding carboxylic acids is 1. The molecular formula is C10H12F2N4O3. The fourth-order valence-corrected chi connectivity index (χ4v) is 1.94. The molecule has 1 aliphatic rings. The molecule has 0 aliphatic carbocycles. The standard InChI is InChI=1S/C10H12F2N4O3/c11-8(12)2-13-10(19)16-3-6-5(14-4-15-6)1-7(16)9(17)18/h4,7-8H,1-3H2,(H,13,19)(H,14,15)(H,17,18). The van der Waals surface area contributed by atoms with E-state index in [2.05, 4.69) is 9.97 Å². The maximum atomic E-state index is 12.0. The molecule has 1 aromatic rings. The second-order valence-electron chi connectivity index (χ2n) is 4.09. The minimum absolute atomic E-state index is 0.00136. The van der Waals surface area contributed by atoms with Gasteiger partial charge in [0.15, 0.2) is 0 Å². The fraction of sp³-hybridized carbons (Fsp3) is 0.500. The minimum Gasteiger partial charge on any atom is -0.480 e. The van der Waals surface area contributed by atoms with Crippen molar-refractivity contribution in [3.63, 3.8) is 0 Å². The average Bonchev–Trinajstić information content (AvgIpc) is 2.81. The highest BCUT2D eigenvalue weighted by molar-refractivity contribution is 5.83. The van der Waals surface area contributed by atoms with E-state index in [1.54, 1.807) is 0 Å². The highest BCUT2D eigenvalue weighted by Crippen LogP contribution is 2.20. The lowest BCUT2D eigenvalue weighted by atomic mass is 10.0. The first kappa shape index (κ1) is 13.2. The third-order valence-corrected chi connectivity index (χ3v) is 2.85. The van der Waals surface area contributed by atoms with Gasteiger partial charge < -0.3 is 20.3 Å². The summed E-state index contributed by atoms with van der Waals surface area (Å²) in [5, 5.41) is 11.1. The van der Waals surface area contributed by atoms with E-state index >= 15 is 0 Å². The van der Waals surface area contributed by atoms with Crippen LogP contribution in [0.3, 0.4) is 0 Å². The number of rotatable bonds is 3. The van der Waals surface area contributed by atoms with Crippen LogP contribution in [-0.4, -0.2) is 51.0 Å². The number of alkyl halides is 2. The zero-order chi connectivity index (χ0) is 14.0. The van der Waals surface area contributed by atoms with Gasteiger partial charge in [0.05, 0.1) is 30.8 Å². The van der Waals surface area contributed by atoms with Crippen molar-refractivity contribution in [3.05, 3.63) is 17.7 Å². The molecule has 104 valence electrons. The van der Waals surface area contributed by atoms with E-state index in [1.807, 2.05) is 5.32 Å². The Labute approximate surface area is 106 Å². The van der Waals surface area contributed by atoms with Crippen LogP contribution >= 0.6 is 0 Å². The van der Waals surface area contributed by atoms with Crippen LogP contribution in [-0.2, 0) is 17.8 Å². The number of fused-ring (bicyclic) bond motifs is 1. The van der Waals surface area contributed by atoms with Gasteiger partial charge in [0, 0.05) is 6.42 Å². The van der Waals surface area contributed by atoms with Gasteiger partial charge in [-0.15, -0.1) is 0 Å². The molecule has 1 aromatic heterocycles. The van der Waals surface area contributed by atoms with Crippen molar-refractivity contribution < 1.29 is 23.5 Å². The Morgan fingerprint density at radius 3 is 3.00 bits per heavy atom. The zero-order valence-electron chi connectivity index (χ0n) is 9.77. The van der Waals surface area contributed by atoms with Crippen molar-refractivity contribution in [2.75, 3.05) is 6.54 Å². The number of aliphatic carboxylic acids is 1. The molecule has 9 heteroatoms. The summed E-state index contributed by atoms with van der Waals surface area (Å²) >= 11 is 0. The highest BCUT2D eigenvalue weighted by atomic mass is 19.3. The average molecular weight is 274 g/mol. The SMILES string of the molecule is O=C(O)C1Cc2nc[nH]c2CN1C(=O)NCC(F)F. The number of hydrogen-bond donors (Lipinski definition) is 3. The fourth-order valence-electron chi connectivity index (χ4n) is 1.94. The van der Waals surface area contributed by atoms with E-state index in [1.165, 1.54) is 6.33 Å². The van der Waals surface area contributed by atoms with Crippen LogP contribution in [0, 0.1) is 0 Å². The summed E-state index contributed by atoms with van der Waals surface area (Å²) in [7, 11) is 0. The van der Waals surface area contributed by atoms with E-state index in [0.717, 1.165) is 4.90 Å². The van der Waals surface area contributed by atoms with Crippen molar-refractivity contribution >= 4 is 12.0 Å². The van der Waals surface area contributed by atoms with Gasteiger partial charge >= 0.3 is 12.0 Å². The molecule has 19 heavy (non-hydrogen) atoms. The van der Waals surface area contributed by atoms with E-state index in [-0.39, 0.29) is 13.0 Å². The molecule has 2 rings (SSSR count). The molecule has 1 atom stereocenters. The van der Waals surface area contributed by atoms with Gasteiger partial charge in [-0.05, 0) is 0 Å². The van der Waals surface area contributed by atoms with Crippen LogP contribution in [0.15, 0.2) is 6.33 Å².